The van der Waals surface area contributed by atoms with E-state index in [0.717, 1.165) is 61.8 Å². The van der Waals surface area contributed by atoms with Crippen LogP contribution in [0.3, 0.4) is 0 Å². The van der Waals surface area contributed by atoms with Gasteiger partial charge in [0.1, 0.15) is 6.33 Å². The molecule has 40 heavy (non-hydrogen) atoms. The fourth-order valence-corrected chi connectivity index (χ4v) is 6.38. The first-order chi connectivity index (χ1) is 19.2. The number of hydrogen-bond donors (Lipinski definition) is 0. The molecule has 3 fully saturated rings. The number of amides is 3. The molecular formula is C29H37ClN6O4. The van der Waals surface area contributed by atoms with Crippen LogP contribution < -0.4 is 4.90 Å². The van der Waals surface area contributed by atoms with Gasteiger partial charge in [-0.05, 0) is 63.3 Å². The van der Waals surface area contributed by atoms with Gasteiger partial charge >= 0.3 is 6.09 Å². The lowest BCUT2D eigenvalue weighted by molar-refractivity contribution is -0.126. The minimum absolute atomic E-state index is 0.00277. The monoisotopic (exact) mass is 568 g/mol. The number of hydrogen-bond acceptors (Lipinski definition) is 7. The van der Waals surface area contributed by atoms with Crippen molar-refractivity contribution in [3.8, 4) is 0 Å². The van der Waals surface area contributed by atoms with Gasteiger partial charge < -0.3 is 24.3 Å². The molecule has 5 rings (SSSR count). The summed E-state index contributed by atoms with van der Waals surface area (Å²) >= 11 is 6.41. The molecular weight excluding hydrogens is 532 g/mol. The van der Waals surface area contributed by atoms with Gasteiger partial charge in [-0.1, -0.05) is 17.7 Å². The molecule has 0 N–H and O–H groups in total. The van der Waals surface area contributed by atoms with Crippen LogP contribution in [-0.2, 0) is 9.53 Å². The third-order valence-corrected chi connectivity index (χ3v) is 8.95. The van der Waals surface area contributed by atoms with Crippen LogP contribution in [0.2, 0.25) is 5.02 Å². The number of rotatable bonds is 7. The van der Waals surface area contributed by atoms with Crippen LogP contribution in [0.15, 0.2) is 24.5 Å². The Morgan fingerprint density at radius 1 is 0.975 bits per heavy atom. The van der Waals surface area contributed by atoms with E-state index in [9.17, 15) is 14.4 Å². The molecule has 0 saturated carbocycles. The van der Waals surface area contributed by atoms with E-state index in [2.05, 4.69) is 14.9 Å². The standard InChI is InChI=1S/C29H37ClN6O4/c1-18-6-7-24(10-25(18)30)36(27(37)23-15-35(16-23)29(39)40-4)9-5-8-33-11-21-13-34(14-22(21)12-33)28(38)26-19(2)31-17-32-20(26)3/h6-7,10,17,21-23H,5,8-9,11-16H2,1-4H3. The van der Waals surface area contributed by atoms with E-state index in [1.54, 1.807) is 0 Å². The maximum absolute atomic E-state index is 13.5. The zero-order valence-corrected chi connectivity index (χ0v) is 24.4. The van der Waals surface area contributed by atoms with Gasteiger partial charge in [-0.2, -0.15) is 0 Å². The van der Waals surface area contributed by atoms with Crippen LogP contribution in [0, 0.1) is 38.5 Å². The highest BCUT2D eigenvalue weighted by molar-refractivity contribution is 6.31. The van der Waals surface area contributed by atoms with E-state index in [1.807, 2.05) is 48.8 Å². The summed E-state index contributed by atoms with van der Waals surface area (Å²) in [5.41, 5.74) is 3.82. The molecule has 1 aromatic carbocycles. The third-order valence-electron chi connectivity index (χ3n) is 8.54. The predicted octanol–water partition coefficient (Wildman–Crippen LogP) is 3.18. The van der Waals surface area contributed by atoms with Crippen molar-refractivity contribution in [2.75, 3.05) is 64.4 Å². The average Bonchev–Trinajstić information content (AvgIpc) is 3.46. The minimum Gasteiger partial charge on any atom is -0.453 e. The second-order valence-corrected chi connectivity index (χ2v) is 11.7. The van der Waals surface area contributed by atoms with Gasteiger partial charge in [0.15, 0.2) is 0 Å². The van der Waals surface area contributed by atoms with E-state index in [1.165, 1.54) is 18.3 Å². The Labute approximate surface area is 240 Å². The van der Waals surface area contributed by atoms with Crippen molar-refractivity contribution in [1.29, 1.82) is 0 Å². The number of nitrogens with zero attached hydrogens (tertiary/aromatic N) is 6. The molecule has 0 aliphatic carbocycles. The first kappa shape index (κ1) is 28.3. The minimum atomic E-state index is -0.406. The second-order valence-electron chi connectivity index (χ2n) is 11.3. The van der Waals surface area contributed by atoms with Crippen LogP contribution >= 0.6 is 11.6 Å². The quantitative estimate of drug-likeness (QED) is 0.506. The van der Waals surface area contributed by atoms with Crippen LogP contribution in [0.1, 0.15) is 33.7 Å². The molecule has 214 valence electrons. The molecule has 4 heterocycles. The van der Waals surface area contributed by atoms with Crippen molar-refractivity contribution >= 4 is 35.2 Å². The number of anilines is 1. The SMILES string of the molecule is COC(=O)N1CC(C(=O)N(CCCN2CC3CN(C(=O)c4c(C)ncnc4C)CC3C2)c2ccc(C)c(Cl)c2)C1. The Morgan fingerprint density at radius 3 is 2.23 bits per heavy atom. The van der Waals surface area contributed by atoms with Crippen molar-refractivity contribution in [3.63, 3.8) is 0 Å². The maximum Gasteiger partial charge on any atom is 0.409 e. The fourth-order valence-electron chi connectivity index (χ4n) is 6.20. The topological polar surface area (TPSA) is 99.2 Å². The van der Waals surface area contributed by atoms with Crippen LogP contribution in [0.25, 0.3) is 0 Å². The number of carbonyl (C=O) groups is 3. The highest BCUT2D eigenvalue weighted by Gasteiger charge is 2.42. The van der Waals surface area contributed by atoms with Crippen LogP contribution in [0.5, 0.6) is 0 Å². The number of carbonyl (C=O) groups excluding carboxylic acids is 3. The molecule has 10 nitrogen and oxygen atoms in total. The first-order valence-electron chi connectivity index (χ1n) is 13.9. The lowest BCUT2D eigenvalue weighted by Crippen LogP contribution is -2.56. The van der Waals surface area contributed by atoms with Gasteiger partial charge in [-0.25, -0.2) is 14.8 Å². The van der Waals surface area contributed by atoms with E-state index < -0.39 is 6.09 Å². The molecule has 3 aliphatic rings. The maximum atomic E-state index is 13.5. The second kappa shape index (κ2) is 11.7. The fraction of sp³-hybridized carbons (Fsp3) is 0.552. The molecule has 3 aliphatic heterocycles. The van der Waals surface area contributed by atoms with E-state index >= 15 is 0 Å². The number of halogens is 1. The van der Waals surface area contributed by atoms with E-state index in [0.29, 0.717) is 42.1 Å². The number of aromatic nitrogens is 2. The largest absolute Gasteiger partial charge is 0.453 e. The Kier molecular flexibility index (Phi) is 8.28. The zero-order chi connectivity index (χ0) is 28.6. The normalized spacial score (nSPS) is 20.8. The summed E-state index contributed by atoms with van der Waals surface area (Å²) < 4.78 is 4.77. The van der Waals surface area contributed by atoms with Gasteiger partial charge in [0, 0.05) is 56.5 Å². The Balaban J connectivity index is 1.16. The number of ether oxygens (including phenoxy) is 1. The highest BCUT2D eigenvalue weighted by atomic mass is 35.5. The first-order valence-corrected chi connectivity index (χ1v) is 14.2. The number of methoxy groups -OCH3 is 1. The molecule has 2 aromatic rings. The summed E-state index contributed by atoms with van der Waals surface area (Å²) in [5, 5.41) is 0.624. The number of fused-ring (bicyclic) bond motifs is 1. The zero-order valence-electron chi connectivity index (χ0n) is 23.6. The van der Waals surface area contributed by atoms with Crippen molar-refractivity contribution in [3.05, 3.63) is 52.1 Å². The molecule has 3 amide bonds. The van der Waals surface area contributed by atoms with E-state index in [4.69, 9.17) is 16.3 Å². The highest BCUT2D eigenvalue weighted by Crippen LogP contribution is 2.33. The summed E-state index contributed by atoms with van der Waals surface area (Å²) in [6.45, 7) is 11.2. The molecule has 3 saturated heterocycles. The molecule has 2 atom stereocenters. The number of aryl methyl sites for hydroxylation is 3. The Hall–Kier alpha value is -3.24. The van der Waals surface area contributed by atoms with Gasteiger partial charge in [0.2, 0.25) is 5.91 Å². The van der Waals surface area contributed by atoms with Crippen molar-refractivity contribution in [2.24, 2.45) is 17.8 Å². The molecule has 0 bridgehead atoms. The molecule has 2 unspecified atom stereocenters. The lowest BCUT2D eigenvalue weighted by atomic mass is 9.98. The van der Waals surface area contributed by atoms with Gasteiger partial charge in [0.25, 0.3) is 5.91 Å². The van der Waals surface area contributed by atoms with Gasteiger partial charge in [-0.15, -0.1) is 0 Å². The average molecular weight is 569 g/mol. The van der Waals surface area contributed by atoms with Crippen molar-refractivity contribution in [1.82, 2.24) is 24.7 Å². The molecule has 0 spiro atoms. The smallest absolute Gasteiger partial charge is 0.409 e. The Morgan fingerprint density at radius 2 is 1.62 bits per heavy atom. The Bertz CT molecular complexity index is 1270. The van der Waals surface area contributed by atoms with Crippen molar-refractivity contribution in [2.45, 2.75) is 27.2 Å². The summed E-state index contributed by atoms with van der Waals surface area (Å²) in [7, 11) is 1.35. The van der Waals surface area contributed by atoms with Gasteiger partial charge in [-0.3, -0.25) is 9.59 Å². The number of likely N-dealkylation sites (tertiary alicyclic amines) is 3. The van der Waals surface area contributed by atoms with Crippen molar-refractivity contribution < 1.29 is 19.1 Å². The van der Waals surface area contributed by atoms with Crippen LogP contribution in [0.4, 0.5) is 10.5 Å². The summed E-state index contributed by atoms with van der Waals surface area (Å²) in [4.78, 5) is 54.7. The molecule has 1 aromatic heterocycles. The third kappa shape index (κ3) is 5.65. The summed E-state index contributed by atoms with van der Waals surface area (Å²) in [6.07, 6.45) is 1.91. The van der Waals surface area contributed by atoms with Crippen LogP contribution in [-0.4, -0.2) is 102 Å². The molecule has 0 radical (unpaired) electrons. The predicted molar refractivity (Wildman–Crippen MR) is 151 cm³/mol. The summed E-state index contributed by atoms with van der Waals surface area (Å²) in [5.74, 6) is 0.674. The van der Waals surface area contributed by atoms with Gasteiger partial charge in [0.05, 0.1) is 30.0 Å². The molecule has 11 heteroatoms. The number of benzene rings is 1. The van der Waals surface area contributed by atoms with E-state index in [-0.39, 0.29) is 17.7 Å². The lowest BCUT2D eigenvalue weighted by Gasteiger charge is -2.39. The summed E-state index contributed by atoms with van der Waals surface area (Å²) in [6, 6.07) is 5.71.